The third-order valence-electron chi connectivity index (χ3n) is 4.62. The van der Waals surface area contributed by atoms with Gasteiger partial charge in [-0.25, -0.2) is 9.97 Å². The number of aromatic nitrogens is 3. The van der Waals surface area contributed by atoms with Gasteiger partial charge in [-0.1, -0.05) is 0 Å². The van der Waals surface area contributed by atoms with Crippen LogP contribution in [-0.2, 0) is 17.7 Å². The molecule has 2 aromatic rings. The zero-order valence-electron chi connectivity index (χ0n) is 13.7. The van der Waals surface area contributed by atoms with Crippen LogP contribution in [0.5, 0.6) is 0 Å². The summed E-state index contributed by atoms with van der Waals surface area (Å²) in [6, 6.07) is 4.03. The van der Waals surface area contributed by atoms with Crippen LogP contribution in [0, 0.1) is 5.92 Å². The van der Waals surface area contributed by atoms with Crippen LogP contribution in [0.25, 0.3) is 11.2 Å². The number of likely N-dealkylation sites (tertiary alicyclic amines) is 1. The Hall–Kier alpha value is -1.46. The molecule has 0 N–H and O–H groups in total. The van der Waals surface area contributed by atoms with E-state index in [1.54, 1.807) is 7.11 Å². The summed E-state index contributed by atoms with van der Waals surface area (Å²) in [6.45, 7) is 4.11. The monoisotopic (exact) mass is 302 g/mol. The number of methoxy groups -OCH3 is 1. The Labute approximate surface area is 132 Å². The molecule has 0 aromatic carbocycles. The van der Waals surface area contributed by atoms with Crippen LogP contribution < -0.4 is 0 Å². The van der Waals surface area contributed by atoms with Crippen molar-refractivity contribution in [3.8, 4) is 0 Å². The van der Waals surface area contributed by atoms with Gasteiger partial charge in [-0.2, -0.15) is 0 Å². The number of ether oxygens (including phenoxy) is 1. The van der Waals surface area contributed by atoms with Gasteiger partial charge in [0.05, 0.1) is 0 Å². The van der Waals surface area contributed by atoms with Crippen molar-refractivity contribution in [1.82, 2.24) is 19.4 Å². The molecule has 0 unspecified atom stereocenters. The fourth-order valence-corrected chi connectivity index (χ4v) is 3.29. The van der Waals surface area contributed by atoms with Crippen LogP contribution >= 0.6 is 0 Å². The van der Waals surface area contributed by atoms with E-state index in [1.165, 1.54) is 31.8 Å². The zero-order chi connectivity index (χ0) is 15.4. The van der Waals surface area contributed by atoms with Crippen LogP contribution in [0.1, 0.15) is 25.1 Å². The summed E-state index contributed by atoms with van der Waals surface area (Å²) in [6.07, 6.45) is 6.46. The molecule has 0 aliphatic carbocycles. The number of aryl methyl sites for hydroxylation is 1. The molecular weight excluding hydrogens is 276 g/mol. The Bertz CT molecular complexity index is 602. The van der Waals surface area contributed by atoms with Crippen molar-refractivity contribution in [2.75, 3.05) is 33.9 Å². The second kappa shape index (κ2) is 7.20. The fraction of sp³-hybridized carbons (Fsp3) is 0.647. The average molecular weight is 302 g/mol. The predicted octanol–water partition coefficient (Wildman–Crippen LogP) is 2.35. The van der Waals surface area contributed by atoms with Crippen LogP contribution in [-0.4, -0.2) is 53.3 Å². The largest absolute Gasteiger partial charge is 0.385 e. The van der Waals surface area contributed by atoms with Crippen molar-refractivity contribution >= 4 is 11.2 Å². The van der Waals surface area contributed by atoms with Gasteiger partial charge >= 0.3 is 0 Å². The Morgan fingerprint density at radius 2 is 2.14 bits per heavy atom. The summed E-state index contributed by atoms with van der Waals surface area (Å²) < 4.78 is 7.49. The highest BCUT2D eigenvalue weighted by Crippen LogP contribution is 2.23. The molecule has 0 saturated carbocycles. The van der Waals surface area contributed by atoms with Gasteiger partial charge in [0.25, 0.3) is 0 Å². The highest BCUT2D eigenvalue weighted by atomic mass is 16.5. The van der Waals surface area contributed by atoms with Crippen molar-refractivity contribution in [1.29, 1.82) is 0 Å². The summed E-state index contributed by atoms with van der Waals surface area (Å²) in [5.74, 6) is 1.94. The lowest BCUT2D eigenvalue weighted by molar-refractivity contribution is 0.189. The average Bonchev–Trinajstić information content (AvgIpc) is 2.88. The highest BCUT2D eigenvalue weighted by Gasteiger charge is 2.20. The van der Waals surface area contributed by atoms with Gasteiger partial charge in [0.1, 0.15) is 11.3 Å². The van der Waals surface area contributed by atoms with E-state index in [2.05, 4.69) is 27.6 Å². The number of hydrogen-bond donors (Lipinski definition) is 0. The molecule has 3 heterocycles. The first-order chi connectivity index (χ1) is 10.8. The molecule has 120 valence electrons. The molecule has 2 aromatic heterocycles. The molecule has 0 amide bonds. The number of pyridine rings is 1. The summed E-state index contributed by atoms with van der Waals surface area (Å²) >= 11 is 0. The molecule has 0 atom stereocenters. The minimum Gasteiger partial charge on any atom is -0.385 e. The first-order valence-electron chi connectivity index (χ1n) is 8.25. The van der Waals surface area contributed by atoms with Gasteiger partial charge in [-0.3, -0.25) is 0 Å². The van der Waals surface area contributed by atoms with Crippen molar-refractivity contribution in [3.05, 3.63) is 24.2 Å². The van der Waals surface area contributed by atoms with E-state index < -0.39 is 0 Å². The fourth-order valence-electron chi connectivity index (χ4n) is 3.29. The third kappa shape index (κ3) is 3.47. The SMILES string of the molecule is COCCCn1c(CC2CCN(C)CC2)nc2cccnc21. The number of fused-ring (bicyclic) bond motifs is 1. The van der Waals surface area contributed by atoms with Gasteiger partial charge in [0.2, 0.25) is 0 Å². The van der Waals surface area contributed by atoms with Crippen molar-refractivity contribution in [2.24, 2.45) is 5.92 Å². The van der Waals surface area contributed by atoms with Crippen molar-refractivity contribution in [3.63, 3.8) is 0 Å². The van der Waals surface area contributed by atoms with E-state index in [0.717, 1.165) is 43.1 Å². The van der Waals surface area contributed by atoms with Crippen LogP contribution in [0.4, 0.5) is 0 Å². The molecule has 1 fully saturated rings. The topological polar surface area (TPSA) is 43.2 Å². The van der Waals surface area contributed by atoms with Gasteiger partial charge in [0.15, 0.2) is 5.65 Å². The quantitative estimate of drug-likeness (QED) is 0.768. The molecule has 3 rings (SSSR count). The predicted molar refractivity (Wildman–Crippen MR) is 87.9 cm³/mol. The zero-order valence-corrected chi connectivity index (χ0v) is 13.7. The molecule has 5 heteroatoms. The maximum absolute atomic E-state index is 5.19. The van der Waals surface area contributed by atoms with Crippen molar-refractivity contribution < 1.29 is 4.74 Å². The summed E-state index contributed by atoms with van der Waals surface area (Å²) in [7, 11) is 3.96. The van der Waals surface area contributed by atoms with E-state index in [4.69, 9.17) is 9.72 Å². The molecule has 1 saturated heterocycles. The van der Waals surface area contributed by atoms with Gasteiger partial charge in [0, 0.05) is 32.9 Å². The number of nitrogens with zero attached hydrogens (tertiary/aromatic N) is 4. The van der Waals surface area contributed by atoms with Crippen LogP contribution in [0.3, 0.4) is 0 Å². The third-order valence-corrected chi connectivity index (χ3v) is 4.62. The number of hydrogen-bond acceptors (Lipinski definition) is 4. The van der Waals surface area contributed by atoms with E-state index in [1.807, 2.05) is 12.3 Å². The van der Waals surface area contributed by atoms with E-state index in [0.29, 0.717) is 0 Å². The molecular formula is C17H26N4O. The molecule has 22 heavy (non-hydrogen) atoms. The molecule has 0 spiro atoms. The summed E-state index contributed by atoms with van der Waals surface area (Å²) in [5.41, 5.74) is 2.03. The molecule has 5 nitrogen and oxygen atoms in total. The minimum atomic E-state index is 0.745. The standard InChI is InChI=1S/C17H26N4O/c1-20-10-6-14(7-11-20)13-16-19-15-5-3-8-18-17(15)21(16)9-4-12-22-2/h3,5,8,14H,4,6-7,9-13H2,1-2H3. The van der Waals surface area contributed by atoms with Gasteiger partial charge < -0.3 is 14.2 Å². The normalized spacial score (nSPS) is 17.4. The molecule has 0 bridgehead atoms. The Morgan fingerprint density at radius 1 is 1.32 bits per heavy atom. The molecule has 1 aliphatic heterocycles. The second-order valence-electron chi connectivity index (χ2n) is 6.32. The maximum Gasteiger partial charge on any atom is 0.159 e. The Morgan fingerprint density at radius 3 is 2.91 bits per heavy atom. The van der Waals surface area contributed by atoms with Crippen LogP contribution in [0.2, 0.25) is 0 Å². The number of piperidine rings is 1. The summed E-state index contributed by atoms with van der Waals surface area (Å²) in [4.78, 5) is 11.8. The number of imidazole rings is 1. The van der Waals surface area contributed by atoms with E-state index in [-0.39, 0.29) is 0 Å². The van der Waals surface area contributed by atoms with Crippen LogP contribution in [0.15, 0.2) is 18.3 Å². The van der Waals surface area contributed by atoms with Gasteiger partial charge in [-0.05, 0) is 57.5 Å². The maximum atomic E-state index is 5.19. The first-order valence-corrected chi connectivity index (χ1v) is 8.25. The van der Waals surface area contributed by atoms with Gasteiger partial charge in [-0.15, -0.1) is 0 Å². The van der Waals surface area contributed by atoms with Crippen molar-refractivity contribution in [2.45, 2.75) is 32.2 Å². The molecule has 1 aliphatic rings. The van der Waals surface area contributed by atoms with E-state index >= 15 is 0 Å². The molecule has 0 radical (unpaired) electrons. The number of rotatable bonds is 6. The minimum absolute atomic E-state index is 0.745. The highest BCUT2D eigenvalue weighted by molar-refractivity contribution is 5.71. The van der Waals surface area contributed by atoms with E-state index in [9.17, 15) is 0 Å². The lowest BCUT2D eigenvalue weighted by atomic mass is 9.93. The summed E-state index contributed by atoms with van der Waals surface area (Å²) in [5, 5.41) is 0. The lowest BCUT2D eigenvalue weighted by Crippen LogP contribution is -2.31. The Balaban J connectivity index is 1.79. The Kier molecular flexibility index (Phi) is 5.05. The second-order valence-corrected chi connectivity index (χ2v) is 6.32. The first kappa shape index (κ1) is 15.4. The lowest BCUT2D eigenvalue weighted by Gasteiger charge is -2.28. The smallest absolute Gasteiger partial charge is 0.159 e.